The van der Waals surface area contributed by atoms with Gasteiger partial charge in [0.15, 0.2) is 0 Å². The molecule has 0 saturated carbocycles. The molecule has 2 heterocycles. The highest BCUT2D eigenvalue weighted by Gasteiger charge is 2.56. The van der Waals surface area contributed by atoms with E-state index in [9.17, 15) is 8.78 Å². The number of nitrogens with zero attached hydrogens (tertiary/aromatic N) is 3. The van der Waals surface area contributed by atoms with Crippen molar-refractivity contribution in [2.45, 2.75) is 39.0 Å². The van der Waals surface area contributed by atoms with E-state index in [0.29, 0.717) is 18.0 Å². The van der Waals surface area contributed by atoms with Gasteiger partial charge in [0.2, 0.25) is 0 Å². The van der Waals surface area contributed by atoms with Gasteiger partial charge in [0, 0.05) is 17.5 Å². The number of hydrogen-bond donors (Lipinski definition) is 0. The van der Waals surface area contributed by atoms with Gasteiger partial charge in [-0.1, -0.05) is 26.8 Å². The van der Waals surface area contributed by atoms with E-state index in [-0.39, 0.29) is 12.0 Å². The number of benzene rings is 1. The smallest absolute Gasteiger partial charge is 0.137 e. The van der Waals surface area contributed by atoms with Gasteiger partial charge in [-0.25, -0.2) is 18.4 Å². The predicted octanol–water partition coefficient (Wildman–Crippen LogP) is 3.14. The summed E-state index contributed by atoms with van der Waals surface area (Å²) in [6.45, 7) is 6.52. The normalized spacial score (nSPS) is 27.9. The van der Waals surface area contributed by atoms with Crippen molar-refractivity contribution in [2.24, 2.45) is 11.8 Å². The molecule has 4 nitrogen and oxygen atoms in total. The topological polar surface area (TPSA) is 39.9 Å². The van der Waals surface area contributed by atoms with Crippen molar-refractivity contribution >= 4 is 0 Å². The second-order valence-electron chi connectivity index (χ2n) is 6.22. The van der Waals surface area contributed by atoms with Crippen molar-refractivity contribution in [3.05, 3.63) is 48.1 Å². The molecule has 0 amide bonds. The van der Waals surface area contributed by atoms with Gasteiger partial charge in [0.1, 0.15) is 29.9 Å². The zero-order chi connectivity index (χ0) is 15.9. The maximum Gasteiger partial charge on any atom is 0.137 e. The lowest BCUT2D eigenvalue weighted by atomic mass is 9.70. The third kappa shape index (κ3) is 2.31. The summed E-state index contributed by atoms with van der Waals surface area (Å²) in [5.41, 5.74) is -0.478. The summed E-state index contributed by atoms with van der Waals surface area (Å²) in [6, 6.07) is 3.63. The molecule has 0 radical (unpaired) electrons. The molecule has 0 unspecified atom stereocenters. The van der Waals surface area contributed by atoms with Crippen LogP contribution in [0.25, 0.3) is 0 Å². The average Bonchev–Trinajstić information content (AvgIpc) is 2.95. The number of rotatable bonds is 4. The van der Waals surface area contributed by atoms with E-state index in [1.54, 1.807) is 11.0 Å². The van der Waals surface area contributed by atoms with Gasteiger partial charge in [-0.2, -0.15) is 5.10 Å². The molecule has 1 aliphatic heterocycles. The molecule has 3 rings (SSSR count). The van der Waals surface area contributed by atoms with Gasteiger partial charge in [-0.3, -0.25) is 0 Å². The lowest BCUT2D eigenvalue weighted by molar-refractivity contribution is -0.285. The first kappa shape index (κ1) is 15.1. The fourth-order valence-electron chi connectivity index (χ4n) is 3.32. The first-order valence-corrected chi connectivity index (χ1v) is 7.40. The van der Waals surface area contributed by atoms with Crippen molar-refractivity contribution in [3.63, 3.8) is 0 Å². The van der Waals surface area contributed by atoms with Crippen molar-refractivity contribution in [3.8, 4) is 0 Å². The number of aromatic nitrogens is 3. The van der Waals surface area contributed by atoms with E-state index < -0.39 is 17.2 Å². The Balaban J connectivity index is 2.00. The number of hydrogen-bond acceptors (Lipinski definition) is 3. The van der Waals surface area contributed by atoms with Crippen LogP contribution < -0.4 is 0 Å². The molecule has 2 aromatic rings. The highest BCUT2D eigenvalue weighted by molar-refractivity contribution is 5.29. The summed E-state index contributed by atoms with van der Waals surface area (Å²) >= 11 is 0. The molecule has 1 aromatic carbocycles. The molecule has 6 heteroatoms. The summed E-state index contributed by atoms with van der Waals surface area (Å²) in [4.78, 5) is 3.92. The Morgan fingerprint density at radius 3 is 2.68 bits per heavy atom. The Hall–Kier alpha value is -1.82. The van der Waals surface area contributed by atoms with E-state index in [1.807, 2.05) is 6.92 Å². The molecule has 1 aromatic heterocycles. The number of ether oxygens (including phenoxy) is 1. The average molecular weight is 307 g/mol. The van der Waals surface area contributed by atoms with Gasteiger partial charge < -0.3 is 4.74 Å². The molecule has 22 heavy (non-hydrogen) atoms. The predicted molar refractivity (Wildman–Crippen MR) is 76.9 cm³/mol. The molecule has 1 saturated heterocycles. The van der Waals surface area contributed by atoms with E-state index in [4.69, 9.17) is 4.74 Å². The molecule has 3 atom stereocenters. The van der Waals surface area contributed by atoms with Crippen molar-refractivity contribution in [1.82, 2.24) is 14.8 Å². The minimum atomic E-state index is -0.847. The molecule has 0 spiro atoms. The minimum Gasteiger partial charge on any atom is -0.364 e. The molecular formula is C16H19F2N3O. The van der Waals surface area contributed by atoms with Crippen molar-refractivity contribution in [2.75, 3.05) is 0 Å². The minimum absolute atomic E-state index is 0.0352. The van der Waals surface area contributed by atoms with E-state index in [0.717, 1.165) is 6.07 Å². The highest BCUT2D eigenvalue weighted by Crippen LogP contribution is 2.51. The van der Waals surface area contributed by atoms with Crippen LogP contribution in [-0.4, -0.2) is 20.9 Å². The Labute approximate surface area is 128 Å². The van der Waals surface area contributed by atoms with E-state index >= 15 is 0 Å². The van der Waals surface area contributed by atoms with Gasteiger partial charge in [-0.15, -0.1) is 0 Å². The molecule has 1 fully saturated rings. The van der Waals surface area contributed by atoms with Crippen LogP contribution in [0.15, 0.2) is 30.9 Å². The van der Waals surface area contributed by atoms with Crippen LogP contribution in [0.4, 0.5) is 8.78 Å². The van der Waals surface area contributed by atoms with Gasteiger partial charge in [0.25, 0.3) is 0 Å². The van der Waals surface area contributed by atoms with Crippen LogP contribution in [0.5, 0.6) is 0 Å². The Morgan fingerprint density at radius 2 is 2.14 bits per heavy atom. The Bertz CT molecular complexity index is 659. The summed E-state index contributed by atoms with van der Waals surface area (Å²) in [7, 11) is 0. The summed E-state index contributed by atoms with van der Waals surface area (Å²) in [6.07, 6.45) is 3.04. The SMILES string of the molecule is CC(C)[C@@H]1O[C@@](Cn2cncn2)(c2ccc(F)cc2F)[C@@H]1C. The van der Waals surface area contributed by atoms with Crippen LogP contribution in [0, 0.1) is 23.5 Å². The van der Waals surface area contributed by atoms with Crippen LogP contribution in [0.3, 0.4) is 0 Å². The van der Waals surface area contributed by atoms with Gasteiger partial charge in [0.05, 0.1) is 12.6 Å². The Morgan fingerprint density at radius 1 is 1.36 bits per heavy atom. The first-order valence-electron chi connectivity index (χ1n) is 7.40. The zero-order valence-electron chi connectivity index (χ0n) is 12.8. The molecule has 0 aliphatic carbocycles. The third-order valence-corrected chi connectivity index (χ3v) is 4.48. The Kier molecular flexibility index (Phi) is 3.72. The third-order valence-electron chi connectivity index (χ3n) is 4.48. The monoisotopic (exact) mass is 307 g/mol. The fraction of sp³-hybridized carbons (Fsp3) is 0.500. The lowest BCUT2D eigenvalue weighted by Gasteiger charge is -2.55. The molecule has 118 valence electrons. The van der Waals surface area contributed by atoms with E-state index in [1.165, 1.54) is 18.5 Å². The van der Waals surface area contributed by atoms with Crippen LogP contribution in [0.2, 0.25) is 0 Å². The molecule has 0 N–H and O–H groups in total. The second-order valence-corrected chi connectivity index (χ2v) is 6.22. The van der Waals surface area contributed by atoms with Crippen LogP contribution >= 0.6 is 0 Å². The summed E-state index contributed by atoms with van der Waals surface area (Å²) in [5.74, 6) is -0.780. The van der Waals surface area contributed by atoms with Gasteiger partial charge in [-0.05, 0) is 12.0 Å². The zero-order valence-corrected chi connectivity index (χ0v) is 12.8. The fourth-order valence-corrected chi connectivity index (χ4v) is 3.32. The molecular weight excluding hydrogens is 288 g/mol. The first-order chi connectivity index (χ1) is 10.4. The maximum absolute atomic E-state index is 14.3. The van der Waals surface area contributed by atoms with Gasteiger partial charge >= 0.3 is 0 Å². The van der Waals surface area contributed by atoms with Crippen molar-refractivity contribution in [1.29, 1.82) is 0 Å². The summed E-state index contributed by atoms with van der Waals surface area (Å²) < 4.78 is 35.3. The quantitative estimate of drug-likeness (QED) is 0.871. The molecule has 1 aliphatic rings. The van der Waals surface area contributed by atoms with E-state index in [2.05, 4.69) is 23.9 Å². The second kappa shape index (κ2) is 5.43. The summed E-state index contributed by atoms with van der Waals surface area (Å²) in [5, 5.41) is 4.09. The maximum atomic E-state index is 14.3. The largest absolute Gasteiger partial charge is 0.364 e. The number of halogens is 2. The van der Waals surface area contributed by atoms with Crippen molar-refractivity contribution < 1.29 is 13.5 Å². The van der Waals surface area contributed by atoms with Crippen LogP contribution in [-0.2, 0) is 16.9 Å². The molecule has 0 bridgehead atoms. The standard InChI is InChI=1S/C16H19F2N3O/c1-10(2)15-11(3)16(22-15,7-21-9-19-8-20-21)13-5-4-12(17)6-14(13)18/h4-6,8-11,15H,7H2,1-3H3/t11-,15+,16-/m1/s1. The van der Waals surface area contributed by atoms with Crippen LogP contribution in [0.1, 0.15) is 26.3 Å². The highest BCUT2D eigenvalue weighted by atomic mass is 19.1. The lowest BCUT2D eigenvalue weighted by Crippen LogP contribution is -2.60.